The Morgan fingerprint density at radius 3 is 1.39 bits per heavy atom. The Morgan fingerprint density at radius 2 is 0.742 bits per heavy atom. The topological polar surface area (TPSA) is 48.5 Å². The highest BCUT2D eigenvalue weighted by atomic mass is 15.2. The minimum Gasteiger partial charge on any atom is -0.308 e. The standard InChI is InChI=1S/C57H37N5/c1-4-18-38(19-5-1)40-32-34-42(35-33-40)55-58-56(60-57(59-55)62-49-28-14-10-24-44(49)45-25-11-15-29-50(45)62)47-27-13-17-31-52(47)61-51-30-16-12-26-46(51)54-48(41-22-8-3-9-23-41)36-43(37-53(54)61)39-20-6-2-7-21-39/h1-37H. The van der Waals surface area contributed by atoms with Gasteiger partial charge in [0.1, 0.15) is 0 Å². The van der Waals surface area contributed by atoms with Gasteiger partial charge in [-0.2, -0.15) is 9.97 Å². The van der Waals surface area contributed by atoms with Crippen molar-refractivity contribution in [3.8, 4) is 67.8 Å². The van der Waals surface area contributed by atoms with Crippen LogP contribution in [-0.2, 0) is 0 Å². The molecule has 12 rings (SSSR count). The summed E-state index contributed by atoms with van der Waals surface area (Å²) in [5, 5.41) is 4.67. The summed E-state index contributed by atoms with van der Waals surface area (Å²) in [7, 11) is 0. The van der Waals surface area contributed by atoms with Crippen molar-refractivity contribution in [2.75, 3.05) is 0 Å². The summed E-state index contributed by atoms with van der Waals surface area (Å²) in [5.41, 5.74) is 14.0. The van der Waals surface area contributed by atoms with Gasteiger partial charge in [0.15, 0.2) is 11.6 Å². The summed E-state index contributed by atoms with van der Waals surface area (Å²) in [6, 6.07) is 79.3. The first-order chi connectivity index (χ1) is 30.8. The molecule has 0 aliphatic heterocycles. The highest BCUT2D eigenvalue weighted by Crippen LogP contribution is 2.43. The third-order valence-corrected chi connectivity index (χ3v) is 12.0. The van der Waals surface area contributed by atoms with Crippen LogP contribution in [-0.4, -0.2) is 24.1 Å². The van der Waals surface area contributed by atoms with Crippen molar-refractivity contribution < 1.29 is 0 Å². The maximum absolute atomic E-state index is 5.43. The molecule has 9 aromatic carbocycles. The Morgan fingerprint density at radius 1 is 0.274 bits per heavy atom. The minimum absolute atomic E-state index is 0.560. The summed E-state index contributed by atoms with van der Waals surface area (Å²) in [5.74, 6) is 1.74. The molecule has 0 saturated carbocycles. The number of fused-ring (bicyclic) bond motifs is 6. The van der Waals surface area contributed by atoms with E-state index in [2.05, 4.69) is 228 Å². The van der Waals surface area contributed by atoms with Crippen LogP contribution in [0.1, 0.15) is 0 Å². The predicted octanol–water partition coefficient (Wildman–Crippen LogP) is 14.4. The molecule has 3 aromatic heterocycles. The lowest BCUT2D eigenvalue weighted by molar-refractivity contribution is 0.951. The Hall–Kier alpha value is -8.41. The highest BCUT2D eigenvalue weighted by Gasteiger charge is 2.23. The van der Waals surface area contributed by atoms with E-state index in [1.807, 2.05) is 6.07 Å². The van der Waals surface area contributed by atoms with Crippen molar-refractivity contribution in [3.05, 3.63) is 224 Å². The van der Waals surface area contributed by atoms with Crippen LogP contribution >= 0.6 is 0 Å². The zero-order chi connectivity index (χ0) is 41.0. The van der Waals surface area contributed by atoms with Gasteiger partial charge in [-0.25, -0.2) is 4.98 Å². The number of hydrogen-bond donors (Lipinski definition) is 0. The van der Waals surface area contributed by atoms with Gasteiger partial charge >= 0.3 is 0 Å². The van der Waals surface area contributed by atoms with Gasteiger partial charge in [-0.15, -0.1) is 0 Å². The molecule has 12 aromatic rings. The highest BCUT2D eigenvalue weighted by molar-refractivity contribution is 6.17. The van der Waals surface area contributed by atoms with Crippen LogP contribution in [0.5, 0.6) is 0 Å². The average molecular weight is 792 g/mol. The summed E-state index contributed by atoms with van der Waals surface area (Å²) in [6.45, 7) is 0. The molecule has 0 saturated heterocycles. The largest absolute Gasteiger partial charge is 0.308 e. The molecule has 0 atom stereocenters. The Kier molecular flexibility index (Phi) is 8.42. The number of rotatable bonds is 7. The number of hydrogen-bond acceptors (Lipinski definition) is 3. The molecule has 0 spiro atoms. The molecule has 0 fully saturated rings. The first kappa shape index (κ1) is 35.5. The normalized spacial score (nSPS) is 11.5. The second-order valence-corrected chi connectivity index (χ2v) is 15.6. The lowest BCUT2D eigenvalue weighted by atomic mass is 9.94. The zero-order valence-corrected chi connectivity index (χ0v) is 33.6. The van der Waals surface area contributed by atoms with Crippen molar-refractivity contribution in [1.82, 2.24) is 24.1 Å². The van der Waals surface area contributed by atoms with Gasteiger partial charge in [-0.1, -0.05) is 182 Å². The number of aromatic nitrogens is 5. The third-order valence-electron chi connectivity index (χ3n) is 12.0. The quantitative estimate of drug-likeness (QED) is 0.162. The second-order valence-electron chi connectivity index (χ2n) is 15.6. The molecule has 0 unspecified atom stereocenters. The van der Waals surface area contributed by atoms with Crippen LogP contribution < -0.4 is 0 Å². The fourth-order valence-electron chi connectivity index (χ4n) is 9.15. The molecule has 0 radical (unpaired) electrons. The van der Waals surface area contributed by atoms with E-state index >= 15 is 0 Å². The van der Waals surface area contributed by atoms with Crippen molar-refractivity contribution >= 4 is 43.6 Å². The van der Waals surface area contributed by atoms with Crippen LogP contribution in [0.25, 0.3) is 111 Å². The fraction of sp³-hybridized carbons (Fsp3) is 0. The lowest BCUT2D eigenvalue weighted by Gasteiger charge is -2.16. The van der Waals surface area contributed by atoms with Gasteiger partial charge in [-0.05, 0) is 75.8 Å². The molecule has 0 bridgehead atoms. The number of para-hydroxylation sites is 4. The summed E-state index contributed by atoms with van der Waals surface area (Å²) >= 11 is 0. The molecule has 62 heavy (non-hydrogen) atoms. The van der Waals surface area contributed by atoms with E-state index in [-0.39, 0.29) is 0 Å². The van der Waals surface area contributed by atoms with Crippen LogP contribution in [0.2, 0.25) is 0 Å². The van der Waals surface area contributed by atoms with Gasteiger partial charge in [0.05, 0.1) is 27.8 Å². The molecule has 0 N–H and O–H groups in total. The molecule has 5 heteroatoms. The molecular weight excluding hydrogens is 755 g/mol. The van der Waals surface area contributed by atoms with Crippen LogP contribution in [0.15, 0.2) is 224 Å². The summed E-state index contributed by atoms with van der Waals surface area (Å²) in [4.78, 5) is 16.1. The van der Waals surface area contributed by atoms with Gasteiger partial charge in [-0.3, -0.25) is 4.57 Å². The molecule has 3 heterocycles. The molecule has 290 valence electrons. The smallest absolute Gasteiger partial charge is 0.238 e. The Bertz CT molecular complexity index is 3550. The summed E-state index contributed by atoms with van der Waals surface area (Å²) in [6.07, 6.45) is 0. The van der Waals surface area contributed by atoms with Crippen molar-refractivity contribution in [1.29, 1.82) is 0 Å². The van der Waals surface area contributed by atoms with E-state index in [0.717, 1.165) is 71.9 Å². The third kappa shape index (κ3) is 5.90. The van der Waals surface area contributed by atoms with Crippen molar-refractivity contribution in [2.24, 2.45) is 0 Å². The lowest BCUT2D eigenvalue weighted by Crippen LogP contribution is -2.07. The fourth-order valence-corrected chi connectivity index (χ4v) is 9.15. The Labute approximate surface area is 358 Å². The van der Waals surface area contributed by atoms with E-state index in [9.17, 15) is 0 Å². The zero-order valence-electron chi connectivity index (χ0n) is 33.6. The van der Waals surface area contributed by atoms with E-state index < -0.39 is 0 Å². The summed E-state index contributed by atoms with van der Waals surface area (Å²) < 4.78 is 4.58. The van der Waals surface area contributed by atoms with Crippen LogP contribution in [0, 0.1) is 0 Å². The van der Waals surface area contributed by atoms with Gasteiger partial charge < -0.3 is 4.57 Å². The molecule has 0 aliphatic carbocycles. The van der Waals surface area contributed by atoms with E-state index in [1.54, 1.807) is 0 Å². The molecule has 0 aliphatic rings. The molecular formula is C57H37N5. The number of benzene rings is 9. The monoisotopic (exact) mass is 791 g/mol. The first-order valence-electron chi connectivity index (χ1n) is 21.0. The second kappa shape index (κ2) is 14.7. The van der Waals surface area contributed by atoms with Crippen LogP contribution in [0.4, 0.5) is 0 Å². The molecule has 5 nitrogen and oxygen atoms in total. The van der Waals surface area contributed by atoms with Gasteiger partial charge in [0.2, 0.25) is 5.95 Å². The van der Waals surface area contributed by atoms with Gasteiger partial charge in [0, 0.05) is 32.7 Å². The maximum Gasteiger partial charge on any atom is 0.238 e. The first-order valence-corrected chi connectivity index (χ1v) is 21.0. The SMILES string of the molecule is c1ccc(-c2ccc(-c3nc(-c4ccccc4-n4c5ccccc5c5c(-c6ccccc6)cc(-c6ccccc6)cc54)nc(-n4c5ccccc5c5ccccc54)n3)cc2)cc1. The Balaban J connectivity index is 1.14. The van der Waals surface area contributed by atoms with Crippen LogP contribution in [0.3, 0.4) is 0 Å². The van der Waals surface area contributed by atoms with E-state index in [4.69, 9.17) is 15.0 Å². The minimum atomic E-state index is 0.560. The van der Waals surface area contributed by atoms with Gasteiger partial charge in [0.25, 0.3) is 0 Å². The number of nitrogens with zero attached hydrogens (tertiary/aromatic N) is 5. The van der Waals surface area contributed by atoms with E-state index in [0.29, 0.717) is 17.6 Å². The van der Waals surface area contributed by atoms with Crippen molar-refractivity contribution in [3.63, 3.8) is 0 Å². The average Bonchev–Trinajstić information content (AvgIpc) is 3.87. The predicted molar refractivity (Wildman–Crippen MR) is 256 cm³/mol. The van der Waals surface area contributed by atoms with E-state index in [1.165, 1.54) is 21.9 Å². The maximum atomic E-state index is 5.43. The van der Waals surface area contributed by atoms with Crippen molar-refractivity contribution in [2.45, 2.75) is 0 Å². The molecule has 0 amide bonds.